The molecular weight excluding hydrogens is 386 g/mol. The van der Waals surface area contributed by atoms with Crippen LogP contribution in [0.4, 0.5) is 0 Å². The van der Waals surface area contributed by atoms with Gasteiger partial charge in [-0.25, -0.2) is 9.59 Å². The van der Waals surface area contributed by atoms with Gasteiger partial charge in [-0.3, -0.25) is 4.79 Å². The first-order valence-electron chi connectivity index (χ1n) is 10.3. The van der Waals surface area contributed by atoms with Gasteiger partial charge in [0.15, 0.2) is 0 Å². The van der Waals surface area contributed by atoms with Gasteiger partial charge in [-0.15, -0.1) is 0 Å². The molecule has 0 bridgehead atoms. The molecule has 2 N–H and O–H groups in total. The lowest BCUT2D eigenvalue weighted by Gasteiger charge is -2.13. The van der Waals surface area contributed by atoms with Crippen LogP contribution in [0.3, 0.4) is 0 Å². The highest BCUT2D eigenvalue weighted by molar-refractivity contribution is 6.00. The van der Waals surface area contributed by atoms with E-state index in [-0.39, 0.29) is 18.4 Å². The SMILES string of the molecule is CC[C@H](NC(=O)Cc1c(C)c2cc3c4c(oc3c(C)c2oc1=O)CCCC4)C(=O)O. The molecule has 4 rings (SSSR count). The molecule has 1 amide bonds. The van der Waals surface area contributed by atoms with Crippen molar-refractivity contribution in [3.8, 4) is 0 Å². The summed E-state index contributed by atoms with van der Waals surface area (Å²) in [6.45, 7) is 5.36. The Kier molecular flexibility index (Phi) is 5.13. The average Bonchev–Trinajstić information content (AvgIpc) is 3.09. The zero-order valence-corrected chi connectivity index (χ0v) is 17.4. The van der Waals surface area contributed by atoms with Crippen molar-refractivity contribution in [2.45, 2.75) is 65.3 Å². The third-order valence-electron chi connectivity index (χ3n) is 6.10. The van der Waals surface area contributed by atoms with Crippen LogP contribution in [0.15, 0.2) is 19.7 Å². The lowest BCUT2D eigenvalue weighted by molar-refractivity contribution is -0.141. The molecule has 0 aliphatic heterocycles. The molecule has 0 spiro atoms. The first kappa shape index (κ1) is 20.2. The molecule has 7 heteroatoms. The maximum atomic E-state index is 12.7. The molecule has 3 aromatic rings. The average molecular weight is 411 g/mol. The van der Waals surface area contributed by atoms with Gasteiger partial charge >= 0.3 is 11.6 Å². The lowest BCUT2D eigenvalue weighted by atomic mass is 9.93. The standard InChI is InChI=1S/C23H25NO6/c1-4-17(22(26)27)24-19(25)10-15-11(2)14-9-16-13-7-5-6-8-18(13)29-21(16)12(3)20(14)30-23(15)28/h9,17H,4-8,10H2,1-3H3,(H,24,25)(H,26,27)/t17-/m0/s1. The molecule has 0 saturated heterocycles. The summed E-state index contributed by atoms with van der Waals surface area (Å²) >= 11 is 0. The molecular formula is C23H25NO6. The predicted octanol–water partition coefficient (Wildman–Crippen LogP) is 3.56. The van der Waals surface area contributed by atoms with Crippen LogP contribution in [0.5, 0.6) is 0 Å². The molecule has 0 unspecified atom stereocenters. The Hall–Kier alpha value is -3.09. The predicted molar refractivity (Wildman–Crippen MR) is 112 cm³/mol. The molecule has 158 valence electrons. The third kappa shape index (κ3) is 3.28. The number of furan rings is 1. The van der Waals surface area contributed by atoms with Crippen molar-refractivity contribution in [1.29, 1.82) is 0 Å². The summed E-state index contributed by atoms with van der Waals surface area (Å²) in [7, 11) is 0. The van der Waals surface area contributed by atoms with E-state index in [9.17, 15) is 14.4 Å². The number of amides is 1. The summed E-state index contributed by atoms with van der Waals surface area (Å²) < 4.78 is 11.7. The van der Waals surface area contributed by atoms with Crippen molar-refractivity contribution in [3.05, 3.63) is 44.5 Å². The maximum Gasteiger partial charge on any atom is 0.340 e. The van der Waals surface area contributed by atoms with Gasteiger partial charge in [0, 0.05) is 28.3 Å². The fraction of sp³-hybridized carbons (Fsp3) is 0.435. The van der Waals surface area contributed by atoms with Gasteiger partial charge in [-0.1, -0.05) is 6.92 Å². The molecule has 30 heavy (non-hydrogen) atoms. The van der Waals surface area contributed by atoms with Crippen LogP contribution < -0.4 is 10.9 Å². The second kappa shape index (κ2) is 7.63. The third-order valence-corrected chi connectivity index (χ3v) is 6.10. The molecule has 1 aliphatic carbocycles. The van der Waals surface area contributed by atoms with E-state index in [4.69, 9.17) is 13.9 Å². The van der Waals surface area contributed by atoms with Crippen molar-refractivity contribution in [1.82, 2.24) is 5.32 Å². The molecule has 1 aromatic carbocycles. The summed E-state index contributed by atoms with van der Waals surface area (Å²) in [5, 5.41) is 13.4. The quantitative estimate of drug-likeness (QED) is 0.621. The minimum absolute atomic E-state index is 0.228. The Labute approximate surface area is 173 Å². The second-order valence-electron chi connectivity index (χ2n) is 8.00. The van der Waals surface area contributed by atoms with Gasteiger partial charge in [0.05, 0.1) is 12.0 Å². The molecule has 0 radical (unpaired) electrons. The van der Waals surface area contributed by atoms with E-state index in [2.05, 4.69) is 5.32 Å². The highest BCUT2D eigenvalue weighted by atomic mass is 16.4. The molecule has 2 heterocycles. The Bertz CT molecular complexity index is 1230. The van der Waals surface area contributed by atoms with E-state index in [1.807, 2.05) is 13.0 Å². The Balaban J connectivity index is 1.80. The van der Waals surface area contributed by atoms with Crippen LogP contribution in [0.2, 0.25) is 0 Å². The molecule has 7 nitrogen and oxygen atoms in total. The normalized spacial score (nSPS) is 14.6. The van der Waals surface area contributed by atoms with Gasteiger partial charge in [-0.05, 0) is 51.2 Å². The molecule has 1 aliphatic rings. The number of rotatable bonds is 5. The smallest absolute Gasteiger partial charge is 0.340 e. The van der Waals surface area contributed by atoms with E-state index < -0.39 is 23.5 Å². The molecule has 0 fully saturated rings. The number of fused-ring (bicyclic) bond motifs is 4. The monoisotopic (exact) mass is 411 g/mol. The number of hydrogen-bond acceptors (Lipinski definition) is 5. The maximum absolute atomic E-state index is 12.7. The van der Waals surface area contributed by atoms with Gasteiger partial charge < -0.3 is 19.3 Å². The van der Waals surface area contributed by atoms with E-state index in [0.29, 0.717) is 11.1 Å². The van der Waals surface area contributed by atoms with Crippen LogP contribution in [-0.4, -0.2) is 23.0 Å². The number of carbonyl (C=O) groups excluding carboxylic acids is 1. The van der Waals surface area contributed by atoms with Crippen LogP contribution in [0, 0.1) is 13.8 Å². The van der Waals surface area contributed by atoms with Crippen LogP contribution in [0.25, 0.3) is 21.9 Å². The van der Waals surface area contributed by atoms with Gasteiger partial charge in [0.1, 0.15) is 23.0 Å². The van der Waals surface area contributed by atoms with Crippen molar-refractivity contribution >= 4 is 33.8 Å². The summed E-state index contributed by atoms with van der Waals surface area (Å²) in [6.07, 6.45) is 4.13. The van der Waals surface area contributed by atoms with Crippen molar-refractivity contribution in [2.24, 2.45) is 0 Å². The van der Waals surface area contributed by atoms with E-state index in [1.165, 1.54) is 5.56 Å². The lowest BCUT2D eigenvalue weighted by Crippen LogP contribution is -2.41. The number of nitrogens with one attached hydrogen (secondary N) is 1. The topological polar surface area (TPSA) is 110 Å². The number of carbonyl (C=O) groups is 2. The summed E-state index contributed by atoms with van der Waals surface area (Å²) in [5.74, 6) is -0.609. The summed E-state index contributed by atoms with van der Waals surface area (Å²) in [5.41, 5.74) is 3.57. The van der Waals surface area contributed by atoms with Gasteiger partial charge in [0.2, 0.25) is 5.91 Å². The van der Waals surface area contributed by atoms with E-state index in [0.717, 1.165) is 53.4 Å². The fourth-order valence-electron chi connectivity index (χ4n) is 4.37. The van der Waals surface area contributed by atoms with Crippen molar-refractivity contribution in [2.75, 3.05) is 0 Å². The fourth-order valence-corrected chi connectivity index (χ4v) is 4.37. The highest BCUT2D eigenvalue weighted by Crippen LogP contribution is 2.37. The van der Waals surface area contributed by atoms with Crippen LogP contribution >= 0.6 is 0 Å². The number of aryl methyl sites for hydroxylation is 4. The van der Waals surface area contributed by atoms with Gasteiger partial charge in [0.25, 0.3) is 0 Å². The molecule has 2 aromatic heterocycles. The number of benzene rings is 1. The number of aliphatic carboxylic acids is 1. The van der Waals surface area contributed by atoms with Crippen LogP contribution in [-0.2, 0) is 28.9 Å². The highest BCUT2D eigenvalue weighted by Gasteiger charge is 2.24. The van der Waals surface area contributed by atoms with Gasteiger partial charge in [-0.2, -0.15) is 0 Å². The van der Waals surface area contributed by atoms with E-state index >= 15 is 0 Å². The Morgan fingerprint density at radius 2 is 1.80 bits per heavy atom. The number of carboxylic acid groups (broad SMARTS) is 1. The second-order valence-corrected chi connectivity index (χ2v) is 8.00. The number of hydrogen-bond donors (Lipinski definition) is 2. The first-order chi connectivity index (χ1) is 14.3. The Morgan fingerprint density at radius 3 is 2.50 bits per heavy atom. The van der Waals surface area contributed by atoms with Crippen molar-refractivity contribution < 1.29 is 23.5 Å². The zero-order valence-electron chi connectivity index (χ0n) is 17.4. The summed E-state index contributed by atoms with van der Waals surface area (Å²) in [4.78, 5) is 36.2. The number of carboxylic acids is 1. The first-order valence-corrected chi connectivity index (χ1v) is 10.3. The van der Waals surface area contributed by atoms with Crippen LogP contribution in [0.1, 0.15) is 54.2 Å². The minimum atomic E-state index is -1.10. The zero-order chi connectivity index (χ0) is 21.6. The Morgan fingerprint density at radius 1 is 1.10 bits per heavy atom. The van der Waals surface area contributed by atoms with E-state index in [1.54, 1.807) is 13.8 Å². The molecule has 1 atom stereocenters. The van der Waals surface area contributed by atoms with Crippen molar-refractivity contribution in [3.63, 3.8) is 0 Å². The largest absolute Gasteiger partial charge is 0.480 e. The minimum Gasteiger partial charge on any atom is -0.480 e. The molecule has 0 saturated carbocycles. The summed E-state index contributed by atoms with van der Waals surface area (Å²) in [6, 6.07) is 1.02.